The first-order chi connectivity index (χ1) is 16.0. The molecule has 33 heavy (non-hydrogen) atoms. The van der Waals surface area contributed by atoms with Crippen LogP contribution < -0.4 is 19.5 Å². The highest BCUT2D eigenvalue weighted by Gasteiger charge is 2.29. The van der Waals surface area contributed by atoms with Crippen LogP contribution in [0, 0.1) is 0 Å². The monoisotopic (exact) mass is 492 g/mol. The van der Waals surface area contributed by atoms with Gasteiger partial charge in [0.15, 0.2) is 11.5 Å². The third-order valence-corrected chi connectivity index (χ3v) is 8.26. The van der Waals surface area contributed by atoms with E-state index in [9.17, 15) is 13.2 Å². The number of hydrogen-bond donors (Lipinski definition) is 1. The average Bonchev–Trinajstić information content (AvgIpc) is 2.84. The number of rotatable bonds is 8. The van der Waals surface area contributed by atoms with Crippen LogP contribution in [0.1, 0.15) is 26.2 Å². The van der Waals surface area contributed by atoms with Gasteiger partial charge in [-0.05, 0) is 56.2 Å². The first-order valence-electron chi connectivity index (χ1n) is 11.1. The molecule has 1 amide bonds. The number of nitrogens with one attached hydrogen (secondary N) is 1. The number of piperidine rings is 1. The van der Waals surface area contributed by atoms with Gasteiger partial charge in [0.1, 0.15) is 23.9 Å². The van der Waals surface area contributed by atoms with E-state index in [4.69, 9.17) is 14.2 Å². The number of carbonyl (C=O) groups excluding carboxylic acids is 1. The Balaban J connectivity index is 1.45. The molecule has 0 bridgehead atoms. The second-order valence-electron chi connectivity index (χ2n) is 7.70. The number of sulfonamides is 1. The number of ether oxygens (including phenoxy) is 3. The number of nitrogens with zero attached hydrogens (tertiary/aromatic N) is 1. The number of hydrogen-bond acceptors (Lipinski definition) is 7. The van der Waals surface area contributed by atoms with Crippen molar-refractivity contribution in [3.05, 3.63) is 36.4 Å². The largest absolute Gasteiger partial charge is 0.492 e. The fourth-order valence-corrected chi connectivity index (χ4v) is 6.16. The molecule has 0 saturated carbocycles. The Bertz CT molecular complexity index is 1100. The summed E-state index contributed by atoms with van der Waals surface area (Å²) in [6, 6.07) is 10.3. The van der Waals surface area contributed by atoms with Crippen LogP contribution in [0.5, 0.6) is 17.2 Å². The Kier molecular flexibility index (Phi) is 7.67. The van der Waals surface area contributed by atoms with Crippen LogP contribution in [0.3, 0.4) is 0 Å². The molecule has 2 heterocycles. The highest BCUT2D eigenvalue weighted by atomic mass is 32.2. The van der Waals surface area contributed by atoms with Crippen LogP contribution in [0.25, 0.3) is 0 Å². The van der Waals surface area contributed by atoms with E-state index in [2.05, 4.69) is 5.32 Å². The standard InChI is InChI=1S/C23H28N2O6S2/c1-2-29-20-8-6-17(14-22(20)33(27,28)25-10-4-3-5-11-25)24-23(26)16-32-18-7-9-19-21(15-18)31-13-12-30-19/h6-9,14-15H,2-5,10-13,16H2,1H3,(H,24,26). The molecule has 2 aromatic carbocycles. The molecular weight excluding hydrogens is 464 g/mol. The fraction of sp³-hybridized carbons (Fsp3) is 0.435. The maximum atomic E-state index is 13.3. The summed E-state index contributed by atoms with van der Waals surface area (Å²) in [5.74, 6) is 1.60. The smallest absolute Gasteiger partial charge is 0.246 e. The minimum Gasteiger partial charge on any atom is -0.492 e. The highest BCUT2D eigenvalue weighted by molar-refractivity contribution is 8.00. The fourth-order valence-electron chi connectivity index (χ4n) is 3.77. The minimum atomic E-state index is -3.71. The summed E-state index contributed by atoms with van der Waals surface area (Å²) >= 11 is 1.37. The molecular formula is C23H28N2O6S2. The molecule has 0 aliphatic carbocycles. The van der Waals surface area contributed by atoms with Crippen LogP contribution >= 0.6 is 11.8 Å². The van der Waals surface area contributed by atoms with Gasteiger partial charge in [0.05, 0.1) is 12.4 Å². The van der Waals surface area contributed by atoms with E-state index in [1.54, 1.807) is 12.1 Å². The highest BCUT2D eigenvalue weighted by Crippen LogP contribution is 2.35. The van der Waals surface area contributed by atoms with Gasteiger partial charge in [-0.25, -0.2) is 8.42 Å². The summed E-state index contributed by atoms with van der Waals surface area (Å²) < 4.78 is 44.7. The van der Waals surface area contributed by atoms with Gasteiger partial charge in [-0.2, -0.15) is 4.31 Å². The molecule has 0 spiro atoms. The van der Waals surface area contributed by atoms with E-state index in [1.165, 1.54) is 22.1 Å². The summed E-state index contributed by atoms with van der Waals surface area (Å²) in [6.45, 7) is 4.18. The van der Waals surface area contributed by atoms with Crippen LogP contribution in [0.15, 0.2) is 46.2 Å². The zero-order chi connectivity index (χ0) is 23.3. The zero-order valence-corrected chi connectivity index (χ0v) is 20.2. The molecule has 0 atom stereocenters. The molecule has 2 aliphatic rings. The van der Waals surface area contributed by atoms with Gasteiger partial charge in [0.25, 0.3) is 0 Å². The van der Waals surface area contributed by atoms with E-state index in [-0.39, 0.29) is 16.6 Å². The van der Waals surface area contributed by atoms with Crippen LogP contribution in [-0.2, 0) is 14.8 Å². The number of carbonyl (C=O) groups is 1. The van der Waals surface area contributed by atoms with Gasteiger partial charge in [-0.3, -0.25) is 4.79 Å². The molecule has 2 aliphatic heterocycles. The second kappa shape index (κ2) is 10.7. The number of anilines is 1. The van der Waals surface area contributed by atoms with Crippen molar-refractivity contribution in [1.82, 2.24) is 4.31 Å². The Morgan fingerprint density at radius 3 is 2.58 bits per heavy atom. The number of benzene rings is 2. The third-order valence-electron chi connectivity index (χ3n) is 5.34. The summed E-state index contributed by atoms with van der Waals surface area (Å²) in [6.07, 6.45) is 2.72. The van der Waals surface area contributed by atoms with E-state index in [0.29, 0.717) is 55.8 Å². The molecule has 0 radical (unpaired) electrons. The lowest BCUT2D eigenvalue weighted by atomic mass is 10.2. The van der Waals surface area contributed by atoms with Crippen molar-refractivity contribution in [2.75, 3.05) is 44.0 Å². The van der Waals surface area contributed by atoms with Crippen molar-refractivity contribution >= 4 is 33.4 Å². The maximum Gasteiger partial charge on any atom is 0.246 e. The molecule has 2 aromatic rings. The van der Waals surface area contributed by atoms with E-state index >= 15 is 0 Å². The predicted molar refractivity (Wildman–Crippen MR) is 127 cm³/mol. The van der Waals surface area contributed by atoms with Crippen molar-refractivity contribution in [3.63, 3.8) is 0 Å². The van der Waals surface area contributed by atoms with E-state index in [0.717, 1.165) is 24.2 Å². The second-order valence-corrected chi connectivity index (χ2v) is 10.7. The lowest BCUT2D eigenvalue weighted by Gasteiger charge is -2.27. The summed E-state index contributed by atoms with van der Waals surface area (Å²) in [5, 5.41) is 2.81. The van der Waals surface area contributed by atoms with Crippen molar-refractivity contribution in [2.45, 2.75) is 36.0 Å². The van der Waals surface area contributed by atoms with Crippen LogP contribution in [0.4, 0.5) is 5.69 Å². The number of amides is 1. The molecule has 0 aromatic heterocycles. The first-order valence-corrected chi connectivity index (χ1v) is 13.5. The molecule has 178 valence electrons. The van der Waals surface area contributed by atoms with Crippen LogP contribution in [-0.4, -0.2) is 57.3 Å². The van der Waals surface area contributed by atoms with Gasteiger partial charge in [0, 0.05) is 23.7 Å². The average molecular weight is 493 g/mol. The van der Waals surface area contributed by atoms with Gasteiger partial charge < -0.3 is 19.5 Å². The summed E-state index contributed by atoms with van der Waals surface area (Å²) in [4.78, 5) is 13.5. The lowest BCUT2D eigenvalue weighted by molar-refractivity contribution is -0.113. The van der Waals surface area contributed by atoms with Crippen molar-refractivity contribution in [1.29, 1.82) is 0 Å². The normalized spacial score (nSPS) is 16.3. The maximum absolute atomic E-state index is 13.3. The molecule has 0 unspecified atom stereocenters. The Labute approximate surface area is 198 Å². The summed E-state index contributed by atoms with van der Waals surface area (Å²) in [7, 11) is -3.71. The zero-order valence-electron chi connectivity index (χ0n) is 18.5. The quantitative estimate of drug-likeness (QED) is 0.561. The lowest BCUT2D eigenvalue weighted by Crippen LogP contribution is -2.35. The van der Waals surface area contributed by atoms with Crippen molar-refractivity contribution in [3.8, 4) is 17.2 Å². The summed E-state index contributed by atoms with van der Waals surface area (Å²) in [5.41, 5.74) is 0.418. The number of thioether (sulfide) groups is 1. The van der Waals surface area contributed by atoms with Gasteiger partial charge in [0.2, 0.25) is 15.9 Å². The van der Waals surface area contributed by atoms with Crippen LogP contribution in [0.2, 0.25) is 0 Å². The molecule has 1 N–H and O–H groups in total. The molecule has 1 saturated heterocycles. The SMILES string of the molecule is CCOc1ccc(NC(=O)CSc2ccc3c(c2)OCCO3)cc1S(=O)(=O)N1CCCCC1. The van der Waals surface area contributed by atoms with Gasteiger partial charge >= 0.3 is 0 Å². The molecule has 10 heteroatoms. The third kappa shape index (κ3) is 5.74. The van der Waals surface area contributed by atoms with Crippen molar-refractivity contribution < 1.29 is 27.4 Å². The Morgan fingerprint density at radius 2 is 1.82 bits per heavy atom. The van der Waals surface area contributed by atoms with E-state index in [1.807, 2.05) is 25.1 Å². The predicted octanol–water partition coefficient (Wildman–Crippen LogP) is 3.76. The minimum absolute atomic E-state index is 0.0866. The molecule has 1 fully saturated rings. The topological polar surface area (TPSA) is 94.2 Å². The van der Waals surface area contributed by atoms with Gasteiger partial charge in [-0.15, -0.1) is 11.8 Å². The first kappa shape index (κ1) is 23.7. The molecule has 4 rings (SSSR count). The van der Waals surface area contributed by atoms with Gasteiger partial charge in [-0.1, -0.05) is 6.42 Å². The number of fused-ring (bicyclic) bond motifs is 1. The Morgan fingerprint density at radius 1 is 1.06 bits per heavy atom. The Hall–Kier alpha value is -2.43. The molecule has 8 nitrogen and oxygen atoms in total. The van der Waals surface area contributed by atoms with Crippen molar-refractivity contribution in [2.24, 2.45) is 0 Å². The van der Waals surface area contributed by atoms with E-state index < -0.39 is 10.0 Å².